The Morgan fingerprint density at radius 1 is 0.882 bits per heavy atom. The van der Waals surface area contributed by atoms with E-state index in [1.54, 1.807) is 24.3 Å². The van der Waals surface area contributed by atoms with E-state index >= 15 is 0 Å². The van der Waals surface area contributed by atoms with Gasteiger partial charge in [0.2, 0.25) is 0 Å². The molecule has 0 fully saturated rings. The van der Waals surface area contributed by atoms with Crippen molar-refractivity contribution in [3.8, 4) is 11.5 Å². The molecular weight excluding hydrogens is 466 g/mol. The number of aromatic carboxylic acids is 1. The third kappa shape index (κ3) is 5.90. The molecule has 12 nitrogen and oxygen atoms in total. The Morgan fingerprint density at radius 2 is 1.59 bits per heavy atom. The van der Waals surface area contributed by atoms with Crippen molar-refractivity contribution < 1.29 is 32.3 Å². The number of benzene rings is 3. The van der Waals surface area contributed by atoms with E-state index in [0.717, 1.165) is 18.2 Å². The van der Waals surface area contributed by atoms with Crippen molar-refractivity contribution in [1.82, 2.24) is 0 Å². The second-order valence-electron chi connectivity index (χ2n) is 6.53. The maximum Gasteiger partial charge on any atom is 0.338 e. The Labute approximate surface area is 194 Å². The number of anilines is 1. The van der Waals surface area contributed by atoms with E-state index in [1.807, 2.05) is 12.1 Å². The van der Waals surface area contributed by atoms with Gasteiger partial charge in [0.05, 0.1) is 36.1 Å². The molecule has 0 radical (unpaired) electrons. The van der Waals surface area contributed by atoms with Crippen LogP contribution in [0.2, 0.25) is 0 Å². The van der Waals surface area contributed by atoms with Crippen LogP contribution in [0.3, 0.4) is 0 Å². The van der Waals surface area contributed by atoms with Gasteiger partial charge in [-0.15, -0.1) is 10.2 Å². The van der Waals surface area contributed by atoms with Gasteiger partial charge in [-0.05, 0) is 42.5 Å². The highest BCUT2D eigenvalue weighted by molar-refractivity contribution is 7.85. The highest BCUT2D eigenvalue weighted by Crippen LogP contribution is 2.33. The third-order valence-electron chi connectivity index (χ3n) is 4.37. The minimum atomic E-state index is -4.57. The molecule has 0 amide bonds. The number of ether oxygens (including phenoxy) is 2. The van der Waals surface area contributed by atoms with E-state index in [1.165, 1.54) is 20.3 Å². The Balaban J connectivity index is 1.83. The lowest BCUT2D eigenvalue weighted by atomic mass is 10.2. The molecule has 3 aromatic carbocycles. The fourth-order valence-electron chi connectivity index (χ4n) is 2.73. The fourth-order valence-corrected chi connectivity index (χ4v) is 3.23. The average molecular weight is 485 g/mol. The third-order valence-corrected chi connectivity index (χ3v) is 5.22. The van der Waals surface area contributed by atoms with Crippen LogP contribution in [0.5, 0.6) is 11.5 Å². The van der Waals surface area contributed by atoms with Gasteiger partial charge in [0.15, 0.2) is 0 Å². The summed E-state index contributed by atoms with van der Waals surface area (Å²) in [7, 11) is -1.60. The molecule has 3 aromatic rings. The minimum Gasteiger partial charge on any atom is -0.495 e. The van der Waals surface area contributed by atoms with Gasteiger partial charge in [0, 0.05) is 6.07 Å². The van der Waals surface area contributed by atoms with Crippen molar-refractivity contribution in [3.05, 3.63) is 66.2 Å². The summed E-state index contributed by atoms with van der Waals surface area (Å²) in [4.78, 5) is 10.9. The summed E-state index contributed by atoms with van der Waals surface area (Å²) in [5.74, 6) is -0.521. The van der Waals surface area contributed by atoms with E-state index in [9.17, 15) is 18.3 Å². The highest BCUT2D eigenvalue weighted by Gasteiger charge is 2.17. The quantitative estimate of drug-likeness (QED) is 0.211. The molecule has 0 aromatic heterocycles. The molecule has 0 spiro atoms. The van der Waals surface area contributed by atoms with Crippen LogP contribution < -0.4 is 14.9 Å². The summed E-state index contributed by atoms with van der Waals surface area (Å²) in [6.07, 6.45) is 0. The van der Waals surface area contributed by atoms with Gasteiger partial charge in [-0.25, -0.2) is 4.79 Å². The molecular formula is C21H19N5O7S. The number of hydrogen-bond acceptors (Lipinski definition) is 9. The summed E-state index contributed by atoms with van der Waals surface area (Å²) >= 11 is 0. The number of nitrogens with one attached hydrogen (secondary N) is 1. The largest absolute Gasteiger partial charge is 0.495 e. The summed E-state index contributed by atoms with van der Waals surface area (Å²) < 4.78 is 42.2. The monoisotopic (exact) mass is 485 g/mol. The van der Waals surface area contributed by atoms with E-state index in [4.69, 9.17) is 14.0 Å². The molecule has 0 saturated carbocycles. The van der Waals surface area contributed by atoms with Gasteiger partial charge >= 0.3 is 5.97 Å². The van der Waals surface area contributed by atoms with Crippen molar-refractivity contribution in [2.24, 2.45) is 20.6 Å². The Hall–Kier alpha value is -4.36. The second kappa shape index (κ2) is 10.5. The maximum absolute atomic E-state index is 11.5. The number of azo groups is 1. The number of rotatable bonds is 9. The number of hydrogen-bond donors (Lipinski definition) is 3. The van der Waals surface area contributed by atoms with Crippen LogP contribution in [0.25, 0.3) is 0 Å². The highest BCUT2D eigenvalue weighted by atomic mass is 32.2. The molecule has 0 bridgehead atoms. The zero-order valence-electron chi connectivity index (χ0n) is 17.9. The predicted octanol–water partition coefficient (Wildman–Crippen LogP) is 5.17. The van der Waals surface area contributed by atoms with E-state index in [2.05, 4.69) is 26.0 Å². The zero-order chi connectivity index (χ0) is 24.7. The van der Waals surface area contributed by atoms with Crippen LogP contribution in [0.4, 0.5) is 22.7 Å². The summed E-state index contributed by atoms with van der Waals surface area (Å²) in [6, 6.07) is 14.7. The van der Waals surface area contributed by atoms with Gasteiger partial charge in [-0.3, -0.25) is 9.98 Å². The smallest absolute Gasteiger partial charge is 0.338 e. The fraction of sp³-hybridized carbons (Fsp3) is 0.0952. The standard InChI is InChI=1S/C21H19N5O7S/c1-32-19-6-4-3-5-17(19)24-26-25-18-9-7-13(11-20(18)33-2)22-23-16-10-8-14(34(29,30)31)12-15(16)21(27)28/h3-12H,1-2H3,(H,24,25)(H,27,28)(H,29,30,31). The predicted molar refractivity (Wildman–Crippen MR) is 122 cm³/mol. The molecule has 0 aliphatic rings. The van der Waals surface area contributed by atoms with Crippen LogP contribution in [0.15, 0.2) is 86.1 Å². The Kier molecular flexibility index (Phi) is 7.50. The lowest BCUT2D eigenvalue weighted by molar-refractivity contribution is 0.0697. The van der Waals surface area contributed by atoms with Crippen molar-refractivity contribution in [1.29, 1.82) is 0 Å². The number of methoxy groups -OCH3 is 2. The summed E-state index contributed by atoms with van der Waals surface area (Å²) in [6.45, 7) is 0. The first-order valence-electron chi connectivity index (χ1n) is 9.47. The van der Waals surface area contributed by atoms with Gasteiger partial charge < -0.3 is 14.6 Å². The van der Waals surface area contributed by atoms with Crippen molar-refractivity contribution in [2.45, 2.75) is 4.90 Å². The molecule has 0 unspecified atom stereocenters. The zero-order valence-corrected chi connectivity index (χ0v) is 18.7. The van der Waals surface area contributed by atoms with Crippen molar-refractivity contribution >= 4 is 38.8 Å². The molecule has 3 rings (SSSR count). The SMILES string of the molecule is COc1cc(N=Nc2ccc(S(=O)(=O)O)cc2C(=O)O)ccc1N=NNc1ccccc1OC. The van der Waals surface area contributed by atoms with Crippen molar-refractivity contribution in [3.63, 3.8) is 0 Å². The molecule has 0 saturated heterocycles. The Morgan fingerprint density at radius 3 is 2.26 bits per heavy atom. The molecule has 3 N–H and O–H groups in total. The van der Waals surface area contributed by atoms with Gasteiger partial charge in [0.1, 0.15) is 22.9 Å². The number of carbonyl (C=O) groups is 1. The summed E-state index contributed by atoms with van der Waals surface area (Å²) in [5, 5.41) is 25.2. The van der Waals surface area contributed by atoms with Gasteiger partial charge in [0.25, 0.3) is 10.1 Å². The van der Waals surface area contributed by atoms with E-state index in [0.29, 0.717) is 28.6 Å². The maximum atomic E-state index is 11.5. The van der Waals surface area contributed by atoms with E-state index < -0.39 is 26.5 Å². The average Bonchev–Trinajstić information content (AvgIpc) is 2.82. The molecule has 34 heavy (non-hydrogen) atoms. The number of carboxylic acid groups (broad SMARTS) is 1. The van der Waals surface area contributed by atoms with Crippen LogP contribution in [-0.2, 0) is 10.1 Å². The minimum absolute atomic E-state index is 0.108. The lowest BCUT2D eigenvalue weighted by Gasteiger charge is -2.07. The van der Waals surface area contributed by atoms with Crippen LogP contribution in [-0.4, -0.2) is 38.3 Å². The molecule has 0 aliphatic heterocycles. The van der Waals surface area contributed by atoms with Crippen LogP contribution in [0.1, 0.15) is 10.4 Å². The first kappa shape index (κ1) is 24.3. The first-order valence-corrected chi connectivity index (χ1v) is 10.9. The number of carboxylic acids is 1. The summed E-state index contributed by atoms with van der Waals surface area (Å²) in [5.41, 5.74) is 3.53. The Bertz CT molecular complexity index is 1370. The number of para-hydroxylation sites is 2. The van der Waals surface area contributed by atoms with Crippen molar-refractivity contribution in [2.75, 3.05) is 19.6 Å². The topological polar surface area (TPSA) is 172 Å². The second-order valence-corrected chi connectivity index (χ2v) is 7.95. The first-order chi connectivity index (χ1) is 16.2. The normalized spacial score (nSPS) is 11.6. The number of nitrogens with zero attached hydrogens (tertiary/aromatic N) is 4. The lowest BCUT2D eigenvalue weighted by Crippen LogP contribution is -2.02. The van der Waals surface area contributed by atoms with Gasteiger partial charge in [-0.1, -0.05) is 17.4 Å². The molecule has 0 atom stereocenters. The van der Waals surface area contributed by atoms with E-state index in [-0.39, 0.29) is 5.69 Å². The molecule has 0 heterocycles. The molecule has 13 heteroatoms. The van der Waals surface area contributed by atoms with Crippen LogP contribution in [0, 0.1) is 0 Å². The van der Waals surface area contributed by atoms with Crippen LogP contribution >= 0.6 is 0 Å². The molecule has 0 aliphatic carbocycles. The molecule has 176 valence electrons. The van der Waals surface area contributed by atoms with Gasteiger partial charge in [-0.2, -0.15) is 13.5 Å².